The van der Waals surface area contributed by atoms with Crippen LogP contribution in [0.2, 0.25) is 0 Å². The molecule has 3 nitrogen and oxygen atoms in total. The zero-order valence-corrected chi connectivity index (χ0v) is 10.0. The molecule has 2 saturated carbocycles. The van der Waals surface area contributed by atoms with Crippen LogP contribution in [0.15, 0.2) is 0 Å². The van der Waals surface area contributed by atoms with E-state index in [1.165, 1.54) is 32.1 Å². The van der Waals surface area contributed by atoms with Crippen LogP contribution in [-0.2, 0) is 0 Å². The van der Waals surface area contributed by atoms with Crippen molar-refractivity contribution < 1.29 is 4.79 Å². The van der Waals surface area contributed by atoms with Crippen molar-refractivity contribution in [3.63, 3.8) is 0 Å². The van der Waals surface area contributed by atoms with Gasteiger partial charge in [-0.1, -0.05) is 0 Å². The summed E-state index contributed by atoms with van der Waals surface area (Å²) < 4.78 is 0. The highest BCUT2D eigenvalue weighted by Crippen LogP contribution is 2.47. The highest BCUT2D eigenvalue weighted by Gasteiger charge is 2.45. The second-order valence-corrected chi connectivity index (χ2v) is 6.26. The van der Waals surface area contributed by atoms with E-state index in [0.717, 1.165) is 5.92 Å². The van der Waals surface area contributed by atoms with E-state index in [1.54, 1.807) is 0 Å². The third kappa shape index (κ3) is 2.44. The summed E-state index contributed by atoms with van der Waals surface area (Å²) in [5.74, 6) is 0.875. The maximum absolute atomic E-state index is 11.8. The summed E-state index contributed by atoms with van der Waals surface area (Å²) in [5.41, 5.74) is -0.00265. The van der Waals surface area contributed by atoms with Gasteiger partial charge in [0.15, 0.2) is 0 Å². The van der Waals surface area contributed by atoms with Gasteiger partial charge in [-0.05, 0) is 58.8 Å². The minimum absolute atomic E-state index is 0.00468. The summed E-state index contributed by atoms with van der Waals surface area (Å²) in [6.45, 7) is 6.03. The Balaban J connectivity index is 1.89. The summed E-state index contributed by atoms with van der Waals surface area (Å²) in [7, 11) is 0. The Morgan fingerprint density at radius 2 is 1.87 bits per heavy atom. The van der Waals surface area contributed by atoms with E-state index in [-0.39, 0.29) is 17.1 Å². The van der Waals surface area contributed by atoms with Gasteiger partial charge in [0.2, 0.25) is 0 Å². The molecule has 0 aliphatic heterocycles. The number of hydrogen-bond donors (Lipinski definition) is 2. The largest absolute Gasteiger partial charge is 0.334 e. The van der Waals surface area contributed by atoms with Crippen molar-refractivity contribution in [2.24, 2.45) is 5.92 Å². The van der Waals surface area contributed by atoms with E-state index in [4.69, 9.17) is 0 Å². The Labute approximate surface area is 92.0 Å². The van der Waals surface area contributed by atoms with E-state index >= 15 is 0 Å². The SMILES string of the molecule is CC(C)(C)NC(=O)NC12CCC(CC1)C2. The van der Waals surface area contributed by atoms with Crippen molar-refractivity contribution in [1.82, 2.24) is 10.6 Å². The Morgan fingerprint density at radius 1 is 1.27 bits per heavy atom. The monoisotopic (exact) mass is 210 g/mol. The molecule has 0 radical (unpaired) electrons. The molecule has 3 heteroatoms. The molecule has 2 aliphatic carbocycles. The van der Waals surface area contributed by atoms with E-state index in [1.807, 2.05) is 20.8 Å². The molecule has 2 aliphatic rings. The van der Waals surface area contributed by atoms with E-state index < -0.39 is 0 Å². The fourth-order valence-electron chi connectivity index (χ4n) is 2.98. The van der Waals surface area contributed by atoms with Crippen molar-refractivity contribution in [1.29, 1.82) is 0 Å². The Bertz CT molecular complexity index is 259. The van der Waals surface area contributed by atoms with E-state index in [9.17, 15) is 4.79 Å². The Kier molecular flexibility index (Phi) is 2.44. The van der Waals surface area contributed by atoms with Crippen LogP contribution in [0.4, 0.5) is 4.79 Å². The van der Waals surface area contributed by atoms with Crippen molar-refractivity contribution in [2.45, 2.75) is 64.0 Å². The summed E-state index contributed by atoms with van der Waals surface area (Å²) in [6.07, 6.45) is 6.15. The molecular formula is C12H22N2O. The lowest BCUT2D eigenvalue weighted by Gasteiger charge is -2.30. The molecule has 0 spiro atoms. The van der Waals surface area contributed by atoms with Crippen LogP contribution in [0, 0.1) is 5.92 Å². The summed E-state index contributed by atoms with van der Waals surface area (Å²) in [4.78, 5) is 11.8. The average molecular weight is 210 g/mol. The zero-order valence-electron chi connectivity index (χ0n) is 10.0. The molecule has 2 fully saturated rings. The fraction of sp³-hybridized carbons (Fsp3) is 0.917. The number of nitrogens with one attached hydrogen (secondary N) is 2. The molecular weight excluding hydrogens is 188 g/mol. The highest BCUT2D eigenvalue weighted by atomic mass is 16.2. The molecule has 86 valence electrons. The molecule has 0 heterocycles. The topological polar surface area (TPSA) is 41.1 Å². The quantitative estimate of drug-likeness (QED) is 0.685. The molecule has 0 aromatic carbocycles. The van der Waals surface area contributed by atoms with Crippen molar-refractivity contribution >= 4 is 6.03 Å². The number of rotatable bonds is 1. The van der Waals surface area contributed by atoms with Crippen LogP contribution < -0.4 is 10.6 Å². The van der Waals surface area contributed by atoms with Crippen molar-refractivity contribution in [3.8, 4) is 0 Å². The van der Waals surface area contributed by atoms with Gasteiger partial charge in [-0.2, -0.15) is 0 Å². The average Bonchev–Trinajstić information content (AvgIpc) is 2.58. The number of carbonyl (C=O) groups is 1. The lowest BCUT2D eigenvalue weighted by Crippen LogP contribution is -2.54. The summed E-state index contributed by atoms with van der Waals surface area (Å²) in [6, 6.07) is 0.00468. The van der Waals surface area contributed by atoms with Crippen molar-refractivity contribution in [2.75, 3.05) is 0 Å². The maximum atomic E-state index is 11.8. The van der Waals surface area contributed by atoms with Crippen molar-refractivity contribution in [3.05, 3.63) is 0 Å². The first kappa shape index (κ1) is 10.8. The van der Waals surface area contributed by atoms with Crippen LogP contribution in [0.5, 0.6) is 0 Å². The minimum atomic E-state index is -0.142. The molecule has 2 N–H and O–H groups in total. The molecule has 15 heavy (non-hydrogen) atoms. The molecule has 0 saturated heterocycles. The van der Waals surface area contributed by atoms with Gasteiger partial charge in [-0.3, -0.25) is 0 Å². The summed E-state index contributed by atoms with van der Waals surface area (Å²) in [5, 5.41) is 6.16. The molecule has 0 atom stereocenters. The van der Waals surface area contributed by atoms with Crippen LogP contribution in [0.3, 0.4) is 0 Å². The molecule has 0 aromatic heterocycles. The maximum Gasteiger partial charge on any atom is 0.315 e. The third-order valence-corrected chi connectivity index (χ3v) is 3.61. The standard InChI is InChI=1S/C12H22N2O/c1-11(2,3)13-10(15)14-12-6-4-9(8-12)5-7-12/h9H,4-8H2,1-3H3,(H2,13,14,15). The first-order chi connectivity index (χ1) is 6.89. The van der Waals surface area contributed by atoms with Gasteiger partial charge in [0.25, 0.3) is 0 Å². The number of urea groups is 1. The van der Waals surface area contributed by atoms with E-state index in [2.05, 4.69) is 10.6 Å². The highest BCUT2D eigenvalue weighted by molar-refractivity contribution is 5.75. The number of fused-ring (bicyclic) bond motifs is 2. The third-order valence-electron chi connectivity index (χ3n) is 3.61. The van der Waals surface area contributed by atoms with Crippen LogP contribution in [0.25, 0.3) is 0 Å². The van der Waals surface area contributed by atoms with Gasteiger partial charge in [-0.15, -0.1) is 0 Å². The van der Waals surface area contributed by atoms with E-state index in [0.29, 0.717) is 0 Å². The second-order valence-electron chi connectivity index (χ2n) is 6.26. The smallest absolute Gasteiger partial charge is 0.315 e. The number of amides is 2. The first-order valence-corrected chi connectivity index (χ1v) is 5.99. The lowest BCUT2D eigenvalue weighted by molar-refractivity contribution is 0.215. The number of carbonyl (C=O) groups excluding carboxylic acids is 1. The lowest BCUT2D eigenvalue weighted by atomic mass is 9.94. The number of hydrogen-bond acceptors (Lipinski definition) is 1. The zero-order chi connectivity index (χ0) is 11.1. The van der Waals surface area contributed by atoms with Gasteiger partial charge in [-0.25, -0.2) is 4.79 Å². The molecule has 2 amide bonds. The molecule has 0 aromatic rings. The van der Waals surface area contributed by atoms with Gasteiger partial charge < -0.3 is 10.6 Å². The minimum Gasteiger partial charge on any atom is -0.334 e. The molecule has 2 rings (SSSR count). The molecule has 0 unspecified atom stereocenters. The van der Waals surface area contributed by atoms with Crippen LogP contribution in [-0.4, -0.2) is 17.1 Å². The van der Waals surface area contributed by atoms with Crippen LogP contribution in [0.1, 0.15) is 52.9 Å². The Morgan fingerprint density at radius 3 is 2.27 bits per heavy atom. The van der Waals surface area contributed by atoms with Gasteiger partial charge in [0, 0.05) is 11.1 Å². The fourth-order valence-corrected chi connectivity index (χ4v) is 2.98. The Hall–Kier alpha value is -0.730. The van der Waals surface area contributed by atoms with Gasteiger partial charge in [0.05, 0.1) is 0 Å². The second kappa shape index (κ2) is 3.39. The predicted octanol–water partition coefficient (Wildman–Crippen LogP) is 2.42. The van der Waals surface area contributed by atoms with Gasteiger partial charge >= 0.3 is 6.03 Å². The van der Waals surface area contributed by atoms with Crippen LogP contribution >= 0.6 is 0 Å². The normalized spacial score (nSPS) is 34.2. The summed E-state index contributed by atoms with van der Waals surface area (Å²) >= 11 is 0. The first-order valence-electron chi connectivity index (χ1n) is 5.99. The van der Waals surface area contributed by atoms with Gasteiger partial charge in [0.1, 0.15) is 0 Å². The molecule has 2 bridgehead atoms. The predicted molar refractivity (Wildman–Crippen MR) is 60.7 cm³/mol.